The van der Waals surface area contributed by atoms with Crippen LogP contribution in [0.25, 0.3) is 0 Å². The molecule has 3 heteroatoms. The molecule has 1 heterocycles. The van der Waals surface area contributed by atoms with E-state index in [1.54, 1.807) is 0 Å². The number of rotatable bonds is 5. The van der Waals surface area contributed by atoms with Crippen molar-refractivity contribution in [3.8, 4) is 0 Å². The number of benzene rings is 1. The van der Waals surface area contributed by atoms with E-state index in [9.17, 15) is 0 Å². The molecule has 0 amide bonds. The van der Waals surface area contributed by atoms with Gasteiger partial charge >= 0.3 is 0 Å². The Balaban J connectivity index is 1.33. The lowest BCUT2D eigenvalue weighted by Crippen LogP contribution is -2.44. The quantitative estimate of drug-likeness (QED) is 0.862. The minimum Gasteiger partial charge on any atom is -0.313 e. The first kappa shape index (κ1) is 15.5. The number of nitrogens with zero attached hydrogens (tertiary/aromatic N) is 1. The fourth-order valence-corrected chi connectivity index (χ4v) is 4.17. The van der Waals surface area contributed by atoms with Crippen LogP contribution in [0.4, 0.5) is 0 Å². The summed E-state index contributed by atoms with van der Waals surface area (Å²) in [6, 6.07) is 9.40. The number of hydrogen-bond acceptors (Lipinski definition) is 2. The van der Waals surface area contributed by atoms with E-state index in [-0.39, 0.29) is 0 Å². The maximum atomic E-state index is 3.74. The summed E-state index contributed by atoms with van der Waals surface area (Å²) in [7, 11) is 0. The number of hydrogen-bond donors (Lipinski definition) is 1. The van der Waals surface area contributed by atoms with Crippen molar-refractivity contribution in [2.45, 2.75) is 44.6 Å². The summed E-state index contributed by atoms with van der Waals surface area (Å²) in [5.41, 5.74) is 1.49. The van der Waals surface area contributed by atoms with E-state index in [2.05, 4.69) is 57.3 Å². The van der Waals surface area contributed by atoms with Crippen LogP contribution in [0.3, 0.4) is 0 Å². The molecule has 0 unspecified atom stereocenters. The molecule has 0 spiro atoms. The standard InChI is InChI=1S/C18H27BrN2/c1-14-6-9-21(10-7-14)11-8-20-16-12-15(13-16)17-4-2-3-5-18(17)19/h2-5,14-16,20H,6-13H2,1H3. The first-order valence-electron chi connectivity index (χ1n) is 8.42. The third-order valence-corrected chi connectivity index (χ3v) is 5.94. The second kappa shape index (κ2) is 7.26. The number of nitrogens with one attached hydrogen (secondary N) is 1. The minimum absolute atomic E-state index is 0.728. The lowest BCUT2D eigenvalue weighted by Gasteiger charge is -2.38. The molecule has 2 nitrogen and oxygen atoms in total. The van der Waals surface area contributed by atoms with Gasteiger partial charge in [0.2, 0.25) is 0 Å². The SMILES string of the molecule is CC1CCN(CCNC2CC(c3ccccc3Br)C2)CC1. The van der Waals surface area contributed by atoms with Crippen LogP contribution in [-0.2, 0) is 0 Å². The van der Waals surface area contributed by atoms with E-state index in [0.717, 1.165) is 24.4 Å². The Kier molecular flexibility index (Phi) is 5.36. The van der Waals surface area contributed by atoms with E-state index in [4.69, 9.17) is 0 Å². The average Bonchev–Trinajstić information content (AvgIpc) is 2.45. The molecule has 1 saturated carbocycles. The first-order chi connectivity index (χ1) is 10.2. The molecule has 2 aliphatic rings. The first-order valence-corrected chi connectivity index (χ1v) is 9.22. The van der Waals surface area contributed by atoms with E-state index < -0.39 is 0 Å². The van der Waals surface area contributed by atoms with Gasteiger partial charge in [-0.25, -0.2) is 0 Å². The summed E-state index contributed by atoms with van der Waals surface area (Å²) < 4.78 is 1.27. The van der Waals surface area contributed by atoms with Gasteiger partial charge in [0.1, 0.15) is 0 Å². The zero-order chi connectivity index (χ0) is 14.7. The fourth-order valence-electron chi connectivity index (χ4n) is 3.56. The molecule has 0 aromatic heterocycles. The van der Waals surface area contributed by atoms with Crippen molar-refractivity contribution >= 4 is 15.9 Å². The van der Waals surface area contributed by atoms with Gasteiger partial charge in [0.05, 0.1) is 0 Å². The Morgan fingerprint density at radius 1 is 1.19 bits per heavy atom. The van der Waals surface area contributed by atoms with E-state index in [1.807, 2.05) is 0 Å². The molecule has 21 heavy (non-hydrogen) atoms. The van der Waals surface area contributed by atoms with Crippen LogP contribution in [0.1, 0.15) is 44.1 Å². The highest BCUT2D eigenvalue weighted by Gasteiger charge is 2.30. The van der Waals surface area contributed by atoms with Gasteiger partial charge in [0.25, 0.3) is 0 Å². The lowest BCUT2D eigenvalue weighted by molar-refractivity contribution is 0.184. The molecule has 3 rings (SSSR count). The van der Waals surface area contributed by atoms with Gasteiger partial charge < -0.3 is 10.2 Å². The Labute approximate surface area is 137 Å². The molecule has 1 N–H and O–H groups in total. The predicted octanol–water partition coefficient (Wildman–Crippen LogP) is 4.02. The van der Waals surface area contributed by atoms with E-state index >= 15 is 0 Å². The molecule has 0 radical (unpaired) electrons. The molecule has 116 valence electrons. The van der Waals surface area contributed by atoms with Crippen molar-refractivity contribution in [3.63, 3.8) is 0 Å². The zero-order valence-electron chi connectivity index (χ0n) is 13.0. The van der Waals surface area contributed by atoms with Gasteiger partial charge in [-0.05, 0) is 62.2 Å². The van der Waals surface area contributed by atoms with Gasteiger partial charge in [-0.3, -0.25) is 0 Å². The van der Waals surface area contributed by atoms with Crippen LogP contribution in [0.2, 0.25) is 0 Å². The van der Waals surface area contributed by atoms with E-state index in [0.29, 0.717) is 0 Å². The van der Waals surface area contributed by atoms with Crippen molar-refractivity contribution in [2.24, 2.45) is 5.92 Å². The normalized spacial score (nSPS) is 27.5. The van der Waals surface area contributed by atoms with Gasteiger partial charge in [0, 0.05) is 23.6 Å². The van der Waals surface area contributed by atoms with Gasteiger partial charge in [-0.15, -0.1) is 0 Å². The monoisotopic (exact) mass is 350 g/mol. The summed E-state index contributed by atoms with van der Waals surface area (Å²) in [5.74, 6) is 1.68. The van der Waals surface area contributed by atoms with Gasteiger partial charge in [0.15, 0.2) is 0 Å². The highest BCUT2D eigenvalue weighted by molar-refractivity contribution is 9.10. The molecule has 0 atom stereocenters. The highest BCUT2D eigenvalue weighted by Crippen LogP contribution is 2.39. The Bertz CT molecular complexity index is 448. The molecule has 1 saturated heterocycles. The maximum absolute atomic E-state index is 3.74. The largest absolute Gasteiger partial charge is 0.313 e. The van der Waals surface area contributed by atoms with Gasteiger partial charge in [-0.1, -0.05) is 41.1 Å². The summed E-state index contributed by atoms with van der Waals surface area (Å²) in [5, 5.41) is 3.74. The van der Waals surface area contributed by atoms with Crippen molar-refractivity contribution in [1.82, 2.24) is 10.2 Å². The smallest absolute Gasteiger partial charge is 0.0210 e. The lowest BCUT2D eigenvalue weighted by atomic mass is 9.76. The average molecular weight is 351 g/mol. The highest BCUT2D eigenvalue weighted by atomic mass is 79.9. The molecule has 1 aliphatic heterocycles. The topological polar surface area (TPSA) is 15.3 Å². The number of likely N-dealkylation sites (tertiary alicyclic amines) is 1. The Hall–Kier alpha value is -0.380. The summed E-state index contributed by atoms with van der Waals surface area (Å²) in [6.45, 7) is 7.36. The Morgan fingerprint density at radius 2 is 1.90 bits per heavy atom. The van der Waals surface area contributed by atoms with Crippen molar-refractivity contribution < 1.29 is 0 Å². The summed E-state index contributed by atoms with van der Waals surface area (Å²) in [4.78, 5) is 2.62. The van der Waals surface area contributed by atoms with E-state index in [1.165, 1.54) is 55.4 Å². The molecule has 1 aromatic carbocycles. The zero-order valence-corrected chi connectivity index (χ0v) is 14.6. The molecule has 1 aromatic rings. The van der Waals surface area contributed by atoms with Crippen LogP contribution in [-0.4, -0.2) is 37.1 Å². The van der Waals surface area contributed by atoms with Crippen LogP contribution >= 0.6 is 15.9 Å². The van der Waals surface area contributed by atoms with Crippen LogP contribution in [0.5, 0.6) is 0 Å². The molecule has 2 fully saturated rings. The third kappa shape index (κ3) is 4.08. The second-order valence-electron chi connectivity index (χ2n) is 6.87. The maximum Gasteiger partial charge on any atom is 0.0210 e. The second-order valence-corrected chi connectivity index (χ2v) is 7.72. The van der Waals surface area contributed by atoms with Crippen molar-refractivity contribution in [2.75, 3.05) is 26.2 Å². The number of piperidine rings is 1. The minimum atomic E-state index is 0.728. The third-order valence-electron chi connectivity index (χ3n) is 5.22. The fraction of sp³-hybridized carbons (Fsp3) is 0.667. The van der Waals surface area contributed by atoms with Crippen molar-refractivity contribution in [3.05, 3.63) is 34.3 Å². The summed E-state index contributed by atoms with van der Waals surface area (Å²) in [6.07, 6.45) is 5.35. The Morgan fingerprint density at radius 3 is 2.62 bits per heavy atom. The summed E-state index contributed by atoms with van der Waals surface area (Å²) >= 11 is 3.67. The number of halogens is 1. The predicted molar refractivity (Wildman–Crippen MR) is 92.7 cm³/mol. The van der Waals surface area contributed by atoms with Crippen LogP contribution in [0.15, 0.2) is 28.7 Å². The van der Waals surface area contributed by atoms with Crippen LogP contribution < -0.4 is 5.32 Å². The van der Waals surface area contributed by atoms with Gasteiger partial charge in [-0.2, -0.15) is 0 Å². The molecule has 0 bridgehead atoms. The molecular formula is C18H27BrN2. The molecule has 1 aliphatic carbocycles. The van der Waals surface area contributed by atoms with Crippen molar-refractivity contribution in [1.29, 1.82) is 0 Å². The van der Waals surface area contributed by atoms with Crippen LogP contribution in [0, 0.1) is 5.92 Å². The molecular weight excluding hydrogens is 324 g/mol.